The summed E-state index contributed by atoms with van der Waals surface area (Å²) in [7, 11) is 2.00. The summed E-state index contributed by atoms with van der Waals surface area (Å²) in [5.74, 6) is 0. The Labute approximate surface area is 111 Å². The zero-order valence-electron chi connectivity index (χ0n) is 10.7. The summed E-state index contributed by atoms with van der Waals surface area (Å²) < 4.78 is 0. The van der Waals surface area contributed by atoms with Crippen molar-refractivity contribution in [3.05, 3.63) is 37.5 Å². The Morgan fingerprint density at radius 3 is 2.53 bits per heavy atom. The molecule has 0 radical (unpaired) electrons. The van der Waals surface area contributed by atoms with Gasteiger partial charge >= 0.3 is 0 Å². The topological polar surface area (TPSA) is 24.9 Å². The molecule has 0 fully saturated rings. The Kier molecular flexibility index (Phi) is 3.97. The summed E-state index contributed by atoms with van der Waals surface area (Å²) in [6, 6.07) is 4.69. The third kappa shape index (κ3) is 2.59. The number of nitrogens with one attached hydrogen (secondary N) is 1. The van der Waals surface area contributed by atoms with Crippen molar-refractivity contribution in [3.63, 3.8) is 0 Å². The number of hydrogen-bond acceptors (Lipinski definition) is 4. The van der Waals surface area contributed by atoms with E-state index in [0.717, 1.165) is 12.1 Å². The van der Waals surface area contributed by atoms with Gasteiger partial charge in [0.25, 0.3) is 0 Å². The molecule has 0 bridgehead atoms. The van der Waals surface area contributed by atoms with Gasteiger partial charge in [-0.1, -0.05) is 6.92 Å². The number of thiazole rings is 1. The highest BCUT2D eigenvalue weighted by atomic mass is 32.1. The fourth-order valence-electron chi connectivity index (χ4n) is 1.75. The summed E-state index contributed by atoms with van der Waals surface area (Å²) >= 11 is 3.67. The van der Waals surface area contributed by atoms with Crippen LogP contribution in [0.25, 0.3) is 0 Å². The normalized spacial score (nSPS) is 12.9. The van der Waals surface area contributed by atoms with E-state index < -0.39 is 0 Å². The van der Waals surface area contributed by atoms with Gasteiger partial charge in [-0.25, -0.2) is 4.98 Å². The maximum Gasteiger partial charge on any atom is 0.115 e. The fraction of sp³-hybridized carbons (Fsp3) is 0.462. The van der Waals surface area contributed by atoms with Gasteiger partial charge in [-0.15, -0.1) is 22.7 Å². The van der Waals surface area contributed by atoms with Crippen molar-refractivity contribution in [2.45, 2.75) is 33.2 Å². The molecule has 2 aromatic heterocycles. The second kappa shape index (κ2) is 5.29. The van der Waals surface area contributed by atoms with Gasteiger partial charge in [0.2, 0.25) is 0 Å². The zero-order valence-corrected chi connectivity index (χ0v) is 12.3. The third-order valence-electron chi connectivity index (χ3n) is 2.90. The van der Waals surface area contributed by atoms with Crippen LogP contribution in [0.3, 0.4) is 0 Å². The molecule has 0 amide bonds. The van der Waals surface area contributed by atoms with E-state index in [0.29, 0.717) is 0 Å². The van der Waals surface area contributed by atoms with Gasteiger partial charge in [-0.05, 0) is 39.4 Å². The smallest absolute Gasteiger partial charge is 0.115 e. The summed E-state index contributed by atoms with van der Waals surface area (Å²) in [5, 5.41) is 4.54. The van der Waals surface area contributed by atoms with Crippen LogP contribution < -0.4 is 5.32 Å². The van der Waals surface area contributed by atoms with Crippen LogP contribution >= 0.6 is 22.7 Å². The van der Waals surface area contributed by atoms with E-state index in [9.17, 15) is 0 Å². The molecule has 1 unspecified atom stereocenters. The molecule has 1 atom stereocenters. The van der Waals surface area contributed by atoms with Crippen LogP contribution in [0.1, 0.15) is 38.3 Å². The van der Waals surface area contributed by atoms with E-state index in [1.54, 1.807) is 11.3 Å². The molecule has 2 heterocycles. The number of rotatable bonds is 4. The SMILES string of the molecule is CCc1ccc(C(NC)c2nc(C)c(C)s2)s1. The zero-order chi connectivity index (χ0) is 12.4. The summed E-state index contributed by atoms with van der Waals surface area (Å²) in [6.07, 6.45) is 1.11. The minimum Gasteiger partial charge on any atom is -0.307 e. The van der Waals surface area contributed by atoms with Crippen LogP contribution in [0.4, 0.5) is 0 Å². The molecule has 0 aromatic carbocycles. The van der Waals surface area contributed by atoms with E-state index >= 15 is 0 Å². The van der Waals surface area contributed by atoms with Crippen molar-refractivity contribution in [1.29, 1.82) is 0 Å². The summed E-state index contributed by atoms with van der Waals surface area (Å²) in [4.78, 5) is 8.76. The highest BCUT2D eigenvalue weighted by molar-refractivity contribution is 7.13. The van der Waals surface area contributed by atoms with Crippen molar-refractivity contribution in [3.8, 4) is 0 Å². The van der Waals surface area contributed by atoms with Crippen LogP contribution in [0.15, 0.2) is 12.1 Å². The van der Waals surface area contributed by atoms with Gasteiger partial charge in [-0.3, -0.25) is 0 Å². The quantitative estimate of drug-likeness (QED) is 0.913. The van der Waals surface area contributed by atoms with Gasteiger partial charge in [-0.2, -0.15) is 0 Å². The third-order valence-corrected chi connectivity index (χ3v) is 5.33. The Morgan fingerprint density at radius 1 is 1.29 bits per heavy atom. The van der Waals surface area contributed by atoms with Gasteiger partial charge < -0.3 is 5.32 Å². The maximum absolute atomic E-state index is 4.66. The molecule has 4 heteroatoms. The lowest BCUT2D eigenvalue weighted by Gasteiger charge is -2.10. The van der Waals surface area contributed by atoms with Gasteiger partial charge in [0.15, 0.2) is 0 Å². The van der Waals surface area contributed by atoms with Crippen molar-refractivity contribution in [2.24, 2.45) is 0 Å². The average molecular weight is 266 g/mol. The molecule has 0 aliphatic rings. The van der Waals surface area contributed by atoms with E-state index in [2.05, 4.69) is 43.2 Å². The molecule has 2 aromatic rings. The van der Waals surface area contributed by atoms with Crippen LogP contribution in [-0.2, 0) is 6.42 Å². The molecular formula is C13H18N2S2. The molecule has 0 aliphatic carbocycles. The first-order chi connectivity index (χ1) is 8.15. The Hall–Kier alpha value is -0.710. The van der Waals surface area contributed by atoms with Gasteiger partial charge in [0, 0.05) is 14.6 Å². The Morgan fingerprint density at radius 2 is 2.06 bits per heavy atom. The molecule has 92 valence electrons. The van der Waals surface area contributed by atoms with Crippen LogP contribution in [0, 0.1) is 13.8 Å². The number of hydrogen-bond donors (Lipinski definition) is 1. The lowest BCUT2D eigenvalue weighted by molar-refractivity contribution is 0.696. The lowest BCUT2D eigenvalue weighted by Crippen LogP contribution is -2.16. The number of aryl methyl sites for hydroxylation is 3. The van der Waals surface area contributed by atoms with E-state index in [1.165, 1.54) is 19.6 Å². The summed E-state index contributed by atoms with van der Waals surface area (Å²) in [5.41, 5.74) is 1.15. The predicted molar refractivity (Wildman–Crippen MR) is 76.2 cm³/mol. The molecular weight excluding hydrogens is 248 g/mol. The molecule has 2 rings (SSSR count). The molecule has 0 saturated heterocycles. The van der Waals surface area contributed by atoms with Crippen LogP contribution in [0.5, 0.6) is 0 Å². The number of nitrogens with zero attached hydrogens (tertiary/aromatic N) is 1. The molecule has 2 nitrogen and oxygen atoms in total. The molecule has 1 N–H and O–H groups in total. The maximum atomic E-state index is 4.66. The van der Waals surface area contributed by atoms with Gasteiger partial charge in [0.1, 0.15) is 5.01 Å². The Bertz CT molecular complexity index is 480. The van der Waals surface area contributed by atoms with Crippen LogP contribution in [-0.4, -0.2) is 12.0 Å². The predicted octanol–water partition coefficient (Wildman–Crippen LogP) is 3.69. The van der Waals surface area contributed by atoms with E-state index in [1.807, 2.05) is 18.4 Å². The minimum absolute atomic E-state index is 0.248. The number of aromatic nitrogens is 1. The van der Waals surface area contributed by atoms with Crippen molar-refractivity contribution in [2.75, 3.05) is 7.05 Å². The first-order valence-electron chi connectivity index (χ1n) is 5.85. The highest BCUT2D eigenvalue weighted by Crippen LogP contribution is 2.31. The molecule has 0 aliphatic heterocycles. The largest absolute Gasteiger partial charge is 0.307 e. The Balaban J connectivity index is 2.32. The number of thiophene rings is 1. The van der Waals surface area contributed by atoms with Gasteiger partial charge in [0.05, 0.1) is 11.7 Å². The monoisotopic (exact) mass is 266 g/mol. The second-order valence-electron chi connectivity index (χ2n) is 4.07. The molecule has 0 saturated carbocycles. The van der Waals surface area contributed by atoms with E-state index in [4.69, 9.17) is 0 Å². The molecule has 17 heavy (non-hydrogen) atoms. The van der Waals surface area contributed by atoms with Crippen LogP contribution in [0.2, 0.25) is 0 Å². The highest BCUT2D eigenvalue weighted by Gasteiger charge is 2.18. The van der Waals surface area contributed by atoms with Crippen molar-refractivity contribution >= 4 is 22.7 Å². The van der Waals surface area contributed by atoms with Crippen molar-refractivity contribution < 1.29 is 0 Å². The summed E-state index contributed by atoms with van der Waals surface area (Å²) in [6.45, 7) is 6.41. The molecule has 0 spiro atoms. The second-order valence-corrected chi connectivity index (χ2v) is 6.51. The fourth-order valence-corrected chi connectivity index (χ4v) is 3.94. The standard InChI is InChI=1S/C13H18N2S2/c1-5-10-6-7-11(17-10)12(14-4)13-15-8(2)9(3)16-13/h6-7,12,14H,5H2,1-4H3. The first-order valence-corrected chi connectivity index (χ1v) is 7.48. The first kappa shape index (κ1) is 12.7. The minimum atomic E-state index is 0.248. The van der Waals surface area contributed by atoms with Crippen molar-refractivity contribution in [1.82, 2.24) is 10.3 Å². The average Bonchev–Trinajstić information content (AvgIpc) is 2.89. The lowest BCUT2D eigenvalue weighted by atomic mass is 10.2. The van der Waals surface area contributed by atoms with E-state index in [-0.39, 0.29) is 6.04 Å².